The van der Waals surface area contributed by atoms with Gasteiger partial charge >= 0.3 is 0 Å². The van der Waals surface area contributed by atoms with Crippen LogP contribution in [0.15, 0.2) is 12.2 Å². The highest BCUT2D eigenvalue weighted by atomic mass is 16.7. The second-order valence-corrected chi connectivity index (χ2v) is 3.13. The third-order valence-corrected chi connectivity index (χ3v) is 1.67. The van der Waals surface area contributed by atoms with Gasteiger partial charge in [0.05, 0.1) is 13.2 Å². The smallest absolute Gasteiger partial charge is 0.163 e. The predicted octanol–water partition coefficient (Wildman–Crippen LogP) is 0.686. The molecule has 64 valence electrons. The minimum absolute atomic E-state index is 0.0376. The molecule has 1 fully saturated rings. The zero-order chi connectivity index (χ0) is 8.48. The molecule has 1 rings (SSSR count). The largest absolute Gasteiger partial charge is 0.392 e. The van der Waals surface area contributed by atoms with Crippen molar-refractivity contribution in [3.8, 4) is 0 Å². The molecule has 0 radical (unpaired) electrons. The first-order valence-corrected chi connectivity index (χ1v) is 3.65. The highest BCUT2D eigenvalue weighted by Gasteiger charge is 2.33. The van der Waals surface area contributed by atoms with Crippen LogP contribution < -0.4 is 0 Å². The van der Waals surface area contributed by atoms with Gasteiger partial charge in [-0.05, 0) is 19.4 Å². The lowest BCUT2D eigenvalue weighted by Crippen LogP contribution is -2.22. The van der Waals surface area contributed by atoms with E-state index in [1.54, 1.807) is 0 Å². The van der Waals surface area contributed by atoms with Gasteiger partial charge in [-0.2, -0.15) is 0 Å². The SMILES string of the molecule is C=C(CO)C1COC(C)(C)O1. The molecule has 1 N–H and O–H groups in total. The van der Waals surface area contributed by atoms with E-state index in [-0.39, 0.29) is 12.7 Å². The van der Waals surface area contributed by atoms with E-state index < -0.39 is 5.79 Å². The third kappa shape index (κ3) is 2.02. The molecule has 0 aromatic heterocycles. The summed E-state index contributed by atoms with van der Waals surface area (Å²) in [5, 5.41) is 8.73. The first-order chi connectivity index (χ1) is 5.05. The van der Waals surface area contributed by atoms with Crippen molar-refractivity contribution in [1.82, 2.24) is 0 Å². The molecular weight excluding hydrogens is 144 g/mol. The molecule has 0 bridgehead atoms. The lowest BCUT2D eigenvalue weighted by Gasteiger charge is -2.17. The van der Waals surface area contributed by atoms with E-state index in [1.165, 1.54) is 0 Å². The fourth-order valence-electron chi connectivity index (χ4n) is 0.990. The Bertz CT molecular complexity index is 163. The van der Waals surface area contributed by atoms with Gasteiger partial charge in [0.25, 0.3) is 0 Å². The topological polar surface area (TPSA) is 38.7 Å². The van der Waals surface area contributed by atoms with Gasteiger partial charge in [-0.25, -0.2) is 0 Å². The quantitative estimate of drug-likeness (QED) is 0.601. The van der Waals surface area contributed by atoms with Crippen LogP contribution in [0, 0.1) is 0 Å². The molecular formula is C8H14O3. The van der Waals surface area contributed by atoms with Crippen molar-refractivity contribution in [3.05, 3.63) is 12.2 Å². The van der Waals surface area contributed by atoms with Crippen molar-refractivity contribution < 1.29 is 14.6 Å². The van der Waals surface area contributed by atoms with E-state index in [9.17, 15) is 0 Å². The van der Waals surface area contributed by atoms with E-state index in [1.807, 2.05) is 13.8 Å². The summed E-state index contributed by atoms with van der Waals surface area (Å²) in [6.45, 7) is 7.81. The average molecular weight is 158 g/mol. The van der Waals surface area contributed by atoms with Crippen molar-refractivity contribution in [2.45, 2.75) is 25.7 Å². The second kappa shape index (κ2) is 2.93. The molecule has 0 aromatic rings. The minimum Gasteiger partial charge on any atom is -0.392 e. The molecule has 1 heterocycles. The zero-order valence-corrected chi connectivity index (χ0v) is 6.96. The van der Waals surface area contributed by atoms with Gasteiger partial charge in [-0.1, -0.05) is 6.58 Å². The molecule has 1 aliphatic rings. The van der Waals surface area contributed by atoms with Gasteiger partial charge in [0, 0.05) is 0 Å². The standard InChI is InChI=1S/C8H14O3/c1-6(4-9)7-5-10-8(2,3)11-7/h7,9H,1,4-5H2,2-3H3. The Kier molecular flexibility index (Phi) is 2.32. The summed E-state index contributed by atoms with van der Waals surface area (Å²) in [4.78, 5) is 0. The molecule has 11 heavy (non-hydrogen) atoms. The molecule has 0 aliphatic carbocycles. The monoisotopic (exact) mass is 158 g/mol. The Morgan fingerprint density at radius 1 is 1.73 bits per heavy atom. The van der Waals surface area contributed by atoms with E-state index in [0.29, 0.717) is 12.2 Å². The Hall–Kier alpha value is -0.380. The van der Waals surface area contributed by atoms with Crippen molar-refractivity contribution in [1.29, 1.82) is 0 Å². The molecule has 0 amide bonds. The van der Waals surface area contributed by atoms with Crippen LogP contribution in [0.1, 0.15) is 13.8 Å². The Labute approximate surface area is 66.6 Å². The minimum atomic E-state index is -0.525. The van der Waals surface area contributed by atoms with Gasteiger partial charge < -0.3 is 14.6 Å². The second-order valence-electron chi connectivity index (χ2n) is 3.13. The van der Waals surface area contributed by atoms with Crippen molar-refractivity contribution >= 4 is 0 Å². The summed E-state index contributed by atoms with van der Waals surface area (Å²) in [7, 11) is 0. The van der Waals surface area contributed by atoms with E-state index >= 15 is 0 Å². The summed E-state index contributed by atoms with van der Waals surface area (Å²) in [6.07, 6.45) is -0.144. The number of hydrogen-bond donors (Lipinski definition) is 1. The zero-order valence-electron chi connectivity index (χ0n) is 6.96. The highest BCUT2D eigenvalue weighted by molar-refractivity contribution is 5.04. The summed E-state index contributed by atoms with van der Waals surface area (Å²) in [5.74, 6) is -0.525. The maximum atomic E-state index is 8.73. The first-order valence-electron chi connectivity index (χ1n) is 3.65. The van der Waals surface area contributed by atoms with E-state index in [0.717, 1.165) is 0 Å². The van der Waals surface area contributed by atoms with Crippen LogP contribution in [0.3, 0.4) is 0 Å². The fourth-order valence-corrected chi connectivity index (χ4v) is 0.990. The van der Waals surface area contributed by atoms with Crippen LogP contribution in [-0.2, 0) is 9.47 Å². The lowest BCUT2D eigenvalue weighted by atomic mass is 10.2. The van der Waals surface area contributed by atoms with Gasteiger partial charge in [-0.15, -0.1) is 0 Å². The van der Waals surface area contributed by atoms with Crippen LogP contribution in [0.25, 0.3) is 0 Å². The Morgan fingerprint density at radius 2 is 2.36 bits per heavy atom. The fraction of sp³-hybridized carbons (Fsp3) is 0.750. The van der Waals surface area contributed by atoms with Gasteiger partial charge in [0.1, 0.15) is 6.10 Å². The van der Waals surface area contributed by atoms with Crippen molar-refractivity contribution in [2.75, 3.05) is 13.2 Å². The molecule has 1 aliphatic heterocycles. The molecule has 1 unspecified atom stereocenters. The number of aliphatic hydroxyl groups excluding tert-OH is 1. The van der Waals surface area contributed by atoms with E-state index in [2.05, 4.69) is 6.58 Å². The van der Waals surface area contributed by atoms with Crippen LogP contribution >= 0.6 is 0 Å². The molecule has 1 atom stereocenters. The third-order valence-electron chi connectivity index (χ3n) is 1.67. The first kappa shape index (κ1) is 8.71. The predicted molar refractivity (Wildman–Crippen MR) is 41.1 cm³/mol. The Balaban J connectivity index is 2.48. The maximum Gasteiger partial charge on any atom is 0.163 e. The summed E-state index contributed by atoms with van der Waals surface area (Å²) < 4.78 is 10.7. The molecule has 0 aromatic carbocycles. The molecule has 3 heteroatoms. The van der Waals surface area contributed by atoms with Crippen LogP contribution in [0.4, 0.5) is 0 Å². The summed E-state index contributed by atoms with van der Waals surface area (Å²) in [6, 6.07) is 0. The van der Waals surface area contributed by atoms with Gasteiger partial charge in [-0.3, -0.25) is 0 Å². The molecule has 0 spiro atoms. The number of ether oxygens (including phenoxy) is 2. The summed E-state index contributed by atoms with van der Waals surface area (Å²) in [5.41, 5.74) is 0.676. The average Bonchev–Trinajstić information content (AvgIpc) is 2.29. The van der Waals surface area contributed by atoms with Crippen molar-refractivity contribution in [2.24, 2.45) is 0 Å². The van der Waals surface area contributed by atoms with Crippen LogP contribution in [0.5, 0.6) is 0 Å². The van der Waals surface area contributed by atoms with Crippen molar-refractivity contribution in [3.63, 3.8) is 0 Å². The Morgan fingerprint density at radius 3 is 2.73 bits per heavy atom. The molecule has 3 nitrogen and oxygen atoms in total. The van der Waals surface area contributed by atoms with Gasteiger partial charge in [0.15, 0.2) is 5.79 Å². The van der Waals surface area contributed by atoms with Crippen LogP contribution in [0.2, 0.25) is 0 Å². The number of hydrogen-bond acceptors (Lipinski definition) is 3. The number of rotatable bonds is 2. The van der Waals surface area contributed by atoms with Crippen LogP contribution in [-0.4, -0.2) is 30.2 Å². The maximum absolute atomic E-state index is 8.73. The van der Waals surface area contributed by atoms with Gasteiger partial charge in [0.2, 0.25) is 0 Å². The normalized spacial score (nSPS) is 28.8. The lowest BCUT2D eigenvalue weighted by molar-refractivity contribution is -0.134. The molecule has 0 saturated carbocycles. The number of aliphatic hydroxyl groups is 1. The highest BCUT2D eigenvalue weighted by Crippen LogP contribution is 2.25. The molecule has 1 saturated heterocycles. The summed E-state index contributed by atoms with van der Waals surface area (Å²) >= 11 is 0. The van der Waals surface area contributed by atoms with E-state index in [4.69, 9.17) is 14.6 Å².